The maximum Gasteiger partial charge on any atom is 0.333 e. The minimum atomic E-state index is -2.94. The molecular formula is C12H16N2O5S. The average molecular weight is 300 g/mol. The molecule has 0 aliphatic carbocycles. The summed E-state index contributed by atoms with van der Waals surface area (Å²) in [5.41, 5.74) is 0.217. The number of benzene rings is 1. The van der Waals surface area contributed by atoms with Crippen LogP contribution in [0.1, 0.15) is 6.42 Å². The first-order valence-corrected chi connectivity index (χ1v) is 8.01. The van der Waals surface area contributed by atoms with Gasteiger partial charge in [0.1, 0.15) is 5.69 Å². The van der Waals surface area contributed by atoms with Crippen LogP contribution in [0.3, 0.4) is 0 Å². The summed E-state index contributed by atoms with van der Waals surface area (Å²) in [5, 5.41) is 14.1. The van der Waals surface area contributed by atoms with Crippen molar-refractivity contribution < 1.29 is 18.1 Å². The van der Waals surface area contributed by atoms with Crippen LogP contribution in [0, 0.1) is 16.0 Å². The van der Waals surface area contributed by atoms with Gasteiger partial charge in [0.2, 0.25) is 0 Å². The summed E-state index contributed by atoms with van der Waals surface area (Å²) in [6, 6.07) is 4.76. The van der Waals surface area contributed by atoms with Crippen LogP contribution >= 0.6 is 0 Å². The van der Waals surface area contributed by atoms with Gasteiger partial charge < -0.3 is 10.1 Å². The highest BCUT2D eigenvalue weighted by molar-refractivity contribution is 7.91. The number of nitro groups is 1. The van der Waals surface area contributed by atoms with Crippen molar-refractivity contribution in [3.8, 4) is 5.75 Å². The van der Waals surface area contributed by atoms with Gasteiger partial charge in [-0.1, -0.05) is 6.07 Å². The predicted octanol–water partition coefficient (Wildman–Crippen LogP) is 1.45. The molecule has 1 aliphatic rings. The number of nitro benzene ring substituents is 1. The smallest absolute Gasteiger partial charge is 0.333 e. The largest absolute Gasteiger partial charge is 0.490 e. The molecule has 0 saturated carbocycles. The first-order chi connectivity index (χ1) is 9.43. The topological polar surface area (TPSA) is 98.5 Å². The van der Waals surface area contributed by atoms with Gasteiger partial charge in [-0.05, 0) is 24.5 Å². The number of para-hydroxylation sites is 1. The highest BCUT2D eigenvalue weighted by Crippen LogP contribution is 2.34. The molecular weight excluding hydrogens is 284 g/mol. The zero-order chi connectivity index (χ0) is 14.8. The van der Waals surface area contributed by atoms with Crippen molar-refractivity contribution in [3.63, 3.8) is 0 Å². The number of methoxy groups -OCH3 is 1. The summed E-state index contributed by atoms with van der Waals surface area (Å²) < 4.78 is 27.7. The lowest BCUT2D eigenvalue weighted by Crippen LogP contribution is -2.16. The van der Waals surface area contributed by atoms with Gasteiger partial charge in [0.25, 0.3) is 0 Å². The SMILES string of the molecule is COc1cccc(NCC2CCS(=O)(=O)C2)c1[N+](=O)[O-]. The second-order valence-corrected chi connectivity index (χ2v) is 6.99. The molecule has 1 heterocycles. The fraction of sp³-hybridized carbons (Fsp3) is 0.500. The molecule has 1 atom stereocenters. The standard InChI is InChI=1S/C12H16N2O5S/c1-19-11-4-2-3-10(12(11)14(15)16)13-7-9-5-6-20(17,18)8-9/h2-4,9,13H,5-8H2,1H3. The normalized spacial score (nSPS) is 20.6. The molecule has 20 heavy (non-hydrogen) atoms. The van der Waals surface area contributed by atoms with Crippen LogP contribution in [0.2, 0.25) is 0 Å². The van der Waals surface area contributed by atoms with Crippen LogP contribution in [-0.4, -0.2) is 38.5 Å². The van der Waals surface area contributed by atoms with Crippen LogP contribution in [0.15, 0.2) is 18.2 Å². The van der Waals surface area contributed by atoms with Gasteiger partial charge in [-0.15, -0.1) is 0 Å². The van der Waals surface area contributed by atoms with E-state index in [1.807, 2.05) is 0 Å². The molecule has 1 unspecified atom stereocenters. The van der Waals surface area contributed by atoms with Crippen molar-refractivity contribution in [2.24, 2.45) is 5.92 Å². The number of ether oxygens (including phenoxy) is 1. The summed E-state index contributed by atoms with van der Waals surface area (Å²) in [6.45, 7) is 0.396. The van der Waals surface area contributed by atoms with Gasteiger partial charge in [-0.3, -0.25) is 10.1 Å². The molecule has 8 heteroatoms. The lowest BCUT2D eigenvalue weighted by molar-refractivity contribution is -0.384. The maximum absolute atomic E-state index is 11.4. The molecule has 0 bridgehead atoms. The number of rotatable bonds is 5. The molecule has 7 nitrogen and oxygen atoms in total. The quantitative estimate of drug-likeness (QED) is 0.652. The van der Waals surface area contributed by atoms with Gasteiger partial charge in [0, 0.05) is 6.54 Å². The molecule has 1 fully saturated rings. The molecule has 110 valence electrons. The van der Waals surface area contributed by atoms with Crippen molar-refractivity contribution in [1.29, 1.82) is 0 Å². The minimum absolute atomic E-state index is 0.00851. The molecule has 0 spiro atoms. The lowest BCUT2D eigenvalue weighted by Gasteiger charge is -2.12. The van der Waals surface area contributed by atoms with Crippen molar-refractivity contribution >= 4 is 21.2 Å². The first kappa shape index (κ1) is 14.6. The molecule has 2 rings (SSSR count). The molecule has 1 aromatic carbocycles. The second-order valence-electron chi connectivity index (χ2n) is 4.76. The van der Waals surface area contributed by atoms with E-state index < -0.39 is 14.8 Å². The number of anilines is 1. The Morgan fingerprint density at radius 1 is 1.50 bits per heavy atom. The molecule has 0 radical (unpaired) electrons. The van der Waals surface area contributed by atoms with E-state index in [0.717, 1.165) is 0 Å². The summed E-state index contributed by atoms with van der Waals surface area (Å²) >= 11 is 0. The van der Waals surface area contributed by atoms with E-state index in [9.17, 15) is 18.5 Å². The zero-order valence-corrected chi connectivity index (χ0v) is 11.9. The van der Waals surface area contributed by atoms with E-state index in [0.29, 0.717) is 18.7 Å². The summed E-state index contributed by atoms with van der Waals surface area (Å²) in [4.78, 5) is 10.6. The van der Waals surface area contributed by atoms with Gasteiger partial charge in [0.15, 0.2) is 15.6 Å². The second kappa shape index (κ2) is 5.66. The highest BCUT2D eigenvalue weighted by atomic mass is 32.2. The average Bonchev–Trinajstić information content (AvgIpc) is 2.75. The van der Waals surface area contributed by atoms with Crippen LogP contribution < -0.4 is 10.1 Å². The Kier molecular flexibility index (Phi) is 4.12. The van der Waals surface area contributed by atoms with E-state index >= 15 is 0 Å². The van der Waals surface area contributed by atoms with E-state index in [1.165, 1.54) is 13.2 Å². The monoisotopic (exact) mass is 300 g/mol. The summed E-state index contributed by atoms with van der Waals surface area (Å²) in [6.07, 6.45) is 0.590. The van der Waals surface area contributed by atoms with E-state index in [4.69, 9.17) is 4.74 Å². The lowest BCUT2D eigenvalue weighted by atomic mass is 10.1. The minimum Gasteiger partial charge on any atom is -0.490 e. The Morgan fingerprint density at radius 2 is 2.25 bits per heavy atom. The maximum atomic E-state index is 11.4. The van der Waals surface area contributed by atoms with Crippen LogP contribution in [0.25, 0.3) is 0 Å². The summed E-state index contributed by atoms with van der Waals surface area (Å²) in [5.74, 6) is 0.502. The van der Waals surface area contributed by atoms with Crippen LogP contribution in [-0.2, 0) is 9.84 Å². The molecule has 1 aromatic rings. The van der Waals surface area contributed by atoms with Crippen molar-refractivity contribution in [3.05, 3.63) is 28.3 Å². The van der Waals surface area contributed by atoms with Crippen molar-refractivity contribution in [1.82, 2.24) is 0 Å². The first-order valence-electron chi connectivity index (χ1n) is 6.18. The molecule has 1 saturated heterocycles. The van der Waals surface area contributed by atoms with E-state index in [1.54, 1.807) is 12.1 Å². The van der Waals surface area contributed by atoms with Crippen molar-refractivity contribution in [2.75, 3.05) is 30.5 Å². The van der Waals surface area contributed by atoms with Gasteiger partial charge in [-0.25, -0.2) is 8.42 Å². The number of hydrogen-bond donors (Lipinski definition) is 1. The Morgan fingerprint density at radius 3 is 2.80 bits per heavy atom. The Bertz CT molecular complexity index is 614. The number of nitrogens with one attached hydrogen (secondary N) is 1. The number of sulfone groups is 1. The third kappa shape index (κ3) is 3.19. The van der Waals surface area contributed by atoms with Crippen molar-refractivity contribution in [2.45, 2.75) is 6.42 Å². The Hall–Kier alpha value is -1.83. The van der Waals surface area contributed by atoms with E-state index in [-0.39, 0.29) is 28.9 Å². The summed E-state index contributed by atoms with van der Waals surface area (Å²) in [7, 11) is -1.57. The zero-order valence-electron chi connectivity index (χ0n) is 11.0. The fourth-order valence-electron chi connectivity index (χ4n) is 2.31. The highest BCUT2D eigenvalue weighted by Gasteiger charge is 2.28. The number of hydrogen-bond acceptors (Lipinski definition) is 6. The molecule has 1 aliphatic heterocycles. The Labute approximate surface area is 117 Å². The third-order valence-corrected chi connectivity index (χ3v) is 5.15. The fourth-order valence-corrected chi connectivity index (χ4v) is 4.17. The van der Waals surface area contributed by atoms with Gasteiger partial charge in [0.05, 0.1) is 23.5 Å². The van der Waals surface area contributed by atoms with Gasteiger partial charge >= 0.3 is 5.69 Å². The predicted molar refractivity (Wildman–Crippen MR) is 74.9 cm³/mol. The number of nitrogens with zero attached hydrogens (tertiary/aromatic N) is 1. The van der Waals surface area contributed by atoms with Crippen LogP contribution in [0.4, 0.5) is 11.4 Å². The van der Waals surface area contributed by atoms with E-state index in [2.05, 4.69) is 5.32 Å². The molecule has 0 aromatic heterocycles. The van der Waals surface area contributed by atoms with Gasteiger partial charge in [-0.2, -0.15) is 0 Å². The molecule has 1 N–H and O–H groups in total. The Balaban J connectivity index is 2.12. The third-order valence-electron chi connectivity index (χ3n) is 3.31. The van der Waals surface area contributed by atoms with Crippen LogP contribution in [0.5, 0.6) is 5.75 Å². The molecule has 0 amide bonds.